The first-order valence-electron chi connectivity index (χ1n) is 13.4. The van der Waals surface area contributed by atoms with Gasteiger partial charge in [-0.05, 0) is 122 Å². The van der Waals surface area contributed by atoms with Gasteiger partial charge in [0.25, 0.3) is 0 Å². The molecule has 30 heavy (non-hydrogen) atoms. The predicted molar refractivity (Wildman–Crippen MR) is 125 cm³/mol. The van der Waals surface area contributed by atoms with Crippen LogP contribution in [0.4, 0.5) is 0 Å². The monoisotopic (exact) mass is 418 g/mol. The lowest BCUT2D eigenvalue weighted by molar-refractivity contribution is -0.132. The second-order valence-electron chi connectivity index (χ2n) is 13.2. The molecule has 4 aliphatic carbocycles. The van der Waals surface area contributed by atoms with Crippen molar-refractivity contribution in [1.29, 1.82) is 0 Å². The molecule has 4 rings (SSSR count). The molecule has 4 saturated carbocycles. The molecular weight excluding hydrogens is 368 g/mol. The maximum absolute atomic E-state index is 11.1. The number of hydrogen-bond acceptors (Lipinski definition) is 2. The van der Waals surface area contributed by atoms with Crippen molar-refractivity contribution in [3.05, 3.63) is 0 Å². The number of aliphatic hydroxyl groups excluding tert-OH is 2. The molecule has 0 radical (unpaired) electrons. The van der Waals surface area contributed by atoms with Crippen molar-refractivity contribution >= 4 is 0 Å². The summed E-state index contributed by atoms with van der Waals surface area (Å²) < 4.78 is 0. The Hall–Kier alpha value is -0.0800. The van der Waals surface area contributed by atoms with E-state index in [4.69, 9.17) is 0 Å². The number of rotatable bonds is 5. The van der Waals surface area contributed by atoms with Crippen molar-refractivity contribution in [2.75, 3.05) is 0 Å². The molecule has 0 amide bonds. The summed E-state index contributed by atoms with van der Waals surface area (Å²) in [6.07, 6.45) is 12.3. The Labute approximate surface area is 186 Å². The van der Waals surface area contributed by atoms with Crippen molar-refractivity contribution in [1.82, 2.24) is 0 Å². The molecule has 0 bridgehead atoms. The van der Waals surface area contributed by atoms with E-state index in [1.165, 1.54) is 44.9 Å². The fourth-order valence-corrected chi connectivity index (χ4v) is 9.28. The molecule has 0 spiro atoms. The lowest BCUT2D eigenvalue weighted by Crippen LogP contribution is -2.54. The average Bonchev–Trinajstić information content (AvgIpc) is 3.04. The summed E-state index contributed by atoms with van der Waals surface area (Å²) in [6.45, 7) is 14.5. The molecule has 0 unspecified atom stereocenters. The van der Waals surface area contributed by atoms with Crippen LogP contribution in [0.1, 0.15) is 106 Å². The molecule has 2 N–H and O–H groups in total. The van der Waals surface area contributed by atoms with Crippen LogP contribution in [0, 0.1) is 58.2 Å². The minimum Gasteiger partial charge on any atom is -0.393 e. The number of hydrogen-bond donors (Lipinski definition) is 2. The van der Waals surface area contributed by atoms with Crippen molar-refractivity contribution in [3.63, 3.8) is 0 Å². The van der Waals surface area contributed by atoms with Gasteiger partial charge in [0.2, 0.25) is 0 Å². The first-order valence-corrected chi connectivity index (χ1v) is 13.4. The van der Waals surface area contributed by atoms with E-state index >= 15 is 0 Å². The van der Waals surface area contributed by atoms with Crippen molar-refractivity contribution in [3.8, 4) is 0 Å². The molecule has 4 aliphatic rings. The summed E-state index contributed by atoms with van der Waals surface area (Å²) in [5.74, 6) is 5.75. The van der Waals surface area contributed by atoms with Crippen molar-refractivity contribution < 1.29 is 10.2 Å². The molecule has 0 aromatic carbocycles. The van der Waals surface area contributed by atoms with E-state index in [1.807, 2.05) is 0 Å². The van der Waals surface area contributed by atoms with E-state index < -0.39 is 0 Å². The molecule has 11 atom stereocenters. The minimum atomic E-state index is -0.145. The Balaban J connectivity index is 1.49. The van der Waals surface area contributed by atoms with Crippen LogP contribution in [-0.2, 0) is 0 Å². The zero-order valence-electron chi connectivity index (χ0n) is 20.7. The average molecular weight is 419 g/mol. The maximum Gasteiger partial charge on any atom is 0.0571 e. The van der Waals surface area contributed by atoms with Crippen LogP contribution in [0.25, 0.3) is 0 Å². The van der Waals surface area contributed by atoms with E-state index in [-0.39, 0.29) is 12.2 Å². The highest BCUT2D eigenvalue weighted by atomic mass is 16.3. The molecular formula is C28H50O2. The van der Waals surface area contributed by atoms with Crippen LogP contribution in [0.2, 0.25) is 0 Å². The van der Waals surface area contributed by atoms with E-state index in [0.717, 1.165) is 42.9 Å². The quantitative estimate of drug-likeness (QED) is 0.522. The molecule has 174 valence electrons. The predicted octanol–water partition coefficient (Wildman–Crippen LogP) is 6.69. The van der Waals surface area contributed by atoms with Crippen molar-refractivity contribution in [2.45, 2.75) is 118 Å². The van der Waals surface area contributed by atoms with Crippen LogP contribution in [0.3, 0.4) is 0 Å². The SMILES string of the molecule is CC(C)[C@H](C)C[C@H](O)[C@@H](C)[C@H]1CC[C@H]2[C@@H]3CC[C@H]4C[C@@H](O)CC[C@@]4(C)[C@H]3CC[C@]12C. The highest BCUT2D eigenvalue weighted by molar-refractivity contribution is 5.10. The second kappa shape index (κ2) is 8.36. The molecule has 2 heteroatoms. The van der Waals surface area contributed by atoms with Gasteiger partial charge < -0.3 is 10.2 Å². The van der Waals surface area contributed by atoms with Gasteiger partial charge in [-0.2, -0.15) is 0 Å². The molecule has 0 aliphatic heterocycles. The number of fused-ring (bicyclic) bond motifs is 5. The van der Waals surface area contributed by atoms with E-state index in [2.05, 4.69) is 41.5 Å². The van der Waals surface area contributed by atoms with Crippen LogP contribution >= 0.6 is 0 Å². The van der Waals surface area contributed by atoms with Crippen molar-refractivity contribution in [2.24, 2.45) is 58.2 Å². The Morgan fingerprint density at radius 1 is 0.833 bits per heavy atom. The standard InChI is InChI=1S/C28H50O2/c1-17(2)18(3)15-26(30)19(4)23-9-10-24-22-8-7-20-16-21(29)11-13-27(20,5)25(22)12-14-28(23,24)6/h17-26,29-30H,7-16H2,1-6H3/t18-,19+,20+,21+,22+,23-,24+,25+,26+,27-,28-/m1/s1. The largest absolute Gasteiger partial charge is 0.393 e. The first-order chi connectivity index (χ1) is 14.1. The Bertz CT molecular complexity index is 601. The fraction of sp³-hybridized carbons (Fsp3) is 1.00. The third-order valence-corrected chi connectivity index (χ3v) is 11.7. The van der Waals surface area contributed by atoms with Gasteiger partial charge >= 0.3 is 0 Å². The summed E-state index contributed by atoms with van der Waals surface area (Å²) in [7, 11) is 0. The minimum absolute atomic E-state index is 0.0417. The third kappa shape index (κ3) is 3.70. The zero-order chi connectivity index (χ0) is 21.8. The lowest BCUT2D eigenvalue weighted by atomic mass is 9.44. The van der Waals surface area contributed by atoms with Crippen LogP contribution in [0.15, 0.2) is 0 Å². The second-order valence-corrected chi connectivity index (χ2v) is 13.2. The first kappa shape index (κ1) is 23.1. The molecule has 2 nitrogen and oxygen atoms in total. The summed E-state index contributed by atoms with van der Waals surface area (Å²) in [4.78, 5) is 0. The third-order valence-electron chi connectivity index (χ3n) is 11.7. The summed E-state index contributed by atoms with van der Waals surface area (Å²) in [5, 5.41) is 21.4. The summed E-state index contributed by atoms with van der Waals surface area (Å²) >= 11 is 0. The van der Waals surface area contributed by atoms with Gasteiger partial charge in [-0.3, -0.25) is 0 Å². The van der Waals surface area contributed by atoms with Gasteiger partial charge in [-0.1, -0.05) is 41.5 Å². The van der Waals surface area contributed by atoms with Gasteiger partial charge in [0.15, 0.2) is 0 Å². The van der Waals surface area contributed by atoms with E-state index in [0.29, 0.717) is 34.5 Å². The van der Waals surface area contributed by atoms with Gasteiger partial charge in [0.1, 0.15) is 0 Å². The summed E-state index contributed by atoms with van der Waals surface area (Å²) in [6, 6.07) is 0. The Morgan fingerprint density at radius 2 is 1.50 bits per heavy atom. The normalized spacial score (nSPS) is 49.1. The topological polar surface area (TPSA) is 40.5 Å². The van der Waals surface area contributed by atoms with E-state index in [1.54, 1.807) is 0 Å². The zero-order valence-corrected chi connectivity index (χ0v) is 20.7. The fourth-order valence-electron chi connectivity index (χ4n) is 9.28. The number of aliphatic hydroxyl groups is 2. The van der Waals surface area contributed by atoms with E-state index in [9.17, 15) is 10.2 Å². The smallest absolute Gasteiger partial charge is 0.0571 e. The van der Waals surface area contributed by atoms with Gasteiger partial charge in [-0.25, -0.2) is 0 Å². The van der Waals surface area contributed by atoms with Crippen LogP contribution in [0.5, 0.6) is 0 Å². The molecule has 0 aromatic rings. The maximum atomic E-state index is 11.1. The lowest BCUT2D eigenvalue weighted by Gasteiger charge is -2.61. The Kier molecular flexibility index (Phi) is 6.44. The molecule has 0 aromatic heterocycles. The summed E-state index contributed by atoms with van der Waals surface area (Å²) in [5.41, 5.74) is 0.902. The van der Waals surface area contributed by atoms with Gasteiger partial charge in [0, 0.05) is 0 Å². The van der Waals surface area contributed by atoms with Crippen LogP contribution < -0.4 is 0 Å². The van der Waals surface area contributed by atoms with Gasteiger partial charge in [0.05, 0.1) is 12.2 Å². The molecule has 0 heterocycles. The highest BCUT2D eigenvalue weighted by Crippen LogP contribution is 2.68. The Morgan fingerprint density at radius 3 is 2.20 bits per heavy atom. The molecule has 4 fully saturated rings. The van der Waals surface area contributed by atoms with Crippen LogP contribution in [-0.4, -0.2) is 22.4 Å². The highest BCUT2D eigenvalue weighted by Gasteiger charge is 2.60. The van der Waals surface area contributed by atoms with Gasteiger partial charge in [-0.15, -0.1) is 0 Å². The molecule has 0 saturated heterocycles.